The van der Waals surface area contributed by atoms with E-state index in [4.69, 9.17) is 0 Å². The van der Waals surface area contributed by atoms with Gasteiger partial charge in [-0.1, -0.05) is 18.2 Å². The fourth-order valence-electron chi connectivity index (χ4n) is 2.00. The number of aliphatic hydroxyl groups is 1. The average molecular weight is 248 g/mol. The number of carbonyl (C=O) groups is 2. The second-order valence-electron chi connectivity index (χ2n) is 4.83. The molecule has 0 unspecified atom stereocenters. The van der Waals surface area contributed by atoms with Gasteiger partial charge in [0.05, 0.1) is 17.8 Å². The first-order valence-corrected chi connectivity index (χ1v) is 5.78. The van der Waals surface area contributed by atoms with E-state index < -0.39 is 5.60 Å². The number of benzene rings is 1. The minimum atomic E-state index is -1.06. The molecule has 1 aromatic carbocycles. The molecule has 1 aromatic rings. The van der Waals surface area contributed by atoms with Crippen molar-refractivity contribution in [2.24, 2.45) is 0 Å². The Morgan fingerprint density at radius 3 is 2.61 bits per heavy atom. The van der Waals surface area contributed by atoms with Crippen molar-refractivity contribution in [2.45, 2.75) is 19.4 Å². The van der Waals surface area contributed by atoms with Crippen molar-refractivity contribution in [1.82, 2.24) is 5.32 Å². The van der Waals surface area contributed by atoms with Gasteiger partial charge in [0.25, 0.3) is 0 Å². The van der Waals surface area contributed by atoms with Crippen LogP contribution >= 0.6 is 0 Å². The van der Waals surface area contributed by atoms with Gasteiger partial charge in [-0.2, -0.15) is 0 Å². The number of piperazine rings is 1. The first-order chi connectivity index (χ1) is 8.39. The SMILES string of the molecule is CC(C)(O)c1ccccc1N1CC(=O)NCC1=O. The van der Waals surface area contributed by atoms with Crippen LogP contribution in [0, 0.1) is 0 Å². The van der Waals surface area contributed by atoms with Crippen LogP contribution in [0.5, 0.6) is 0 Å². The fourth-order valence-corrected chi connectivity index (χ4v) is 2.00. The maximum absolute atomic E-state index is 11.8. The first kappa shape index (κ1) is 12.6. The lowest BCUT2D eigenvalue weighted by molar-refractivity contribution is -0.128. The highest BCUT2D eigenvalue weighted by Crippen LogP contribution is 2.30. The molecule has 2 rings (SSSR count). The van der Waals surface area contributed by atoms with Gasteiger partial charge in [0, 0.05) is 5.56 Å². The number of hydrogen-bond donors (Lipinski definition) is 2. The molecule has 0 saturated carbocycles. The summed E-state index contributed by atoms with van der Waals surface area (Å²) in [4.78, 5) is 24.6. The second-order valence-corrected chi connectivity index (χ2v) is 4.83. The number of para-hydroxylation sites is 1. The molecule has 1 aliphatic heterocycles. The van der Waals surface area contributed by atoms with Gasteiger partial charge in [0.15, 0.2) is 0 Å². The van der Waals surface area contributed by atoms with Gasteiger partial charge in [-0.15, -0.1) is 0 Å². The lowest BCUT2D eigenvalue weighted by Crippen LogP contribution is -2.52. The van der Waals surface area contributed by atoms with Gasteiger partial charge in [-0.05, 0) is 19.9 Å². The summed E-state index contributed by atoms with van der Waals surface area (Å²) in [6.45, 7) is 3.30. The molecule has 1 fully saturated rings. The number of nitrogens with zero attached hydrogens (tertiary/aromatic N) is 1. The van der Waals surface area contributed by atoms with E-state index in [1.165, 1.54) is 4.90 Å². The lowest BCUT2D eigenvalue weighted by atomic mass is 9.95. The zero-order valence-electron chi connectivity index (χ0n) is 10.4. The normalized spacial score (nSPS) is 16.7. The third-order valence-electron chi connectivity index (χ3n) is 2.89. The molecule has 2 N–H and O–H groups in total. The van der Waals surface area contributed by atoms with E-state index in [1.807, 2.05) is 0 Å². The molecule has 1 aliphatic rings. The Morgan fingerprint density at radius 2 is 1.94 bits per heavy atom. The van der Waals surface area contributed by atoms with E-state index in [9.17, 15) is 14.7 Å². The minimum Gasteiger partial charge on any atom is -0.386 e. The van der Waals surface area contributed by atoms with Crippen molar-refractivity contribution in [2.75, 3.05) is 18.0 Å². The molecule has 2 amide bonds. The number of nitrogens with one attached hydrogen (secondary N) is 1. The smallest absolute Gasteiger partial charge is 0.246 e. The zero-order chi connectivity index (χ0) is 13.3. The quantitative estimate of drug-likeness (QED) is 0.794. The number of carbonyl (C=O) groups excluding carboxylic acids is 2. The van der Waals surface area contributed by atoms with Gasteiger partial charge in [-0.25, -0.2) is 0 Å². The highest BCUT2D eigenvalue weighted by molar-refractivity contribution is 6.05. The van der Waals surface area contributed by atoms with Crippen LogP contribution in [0.25, 0.3) is 0 Å². The number of amides is 2. The monoisotopic (exact) mass is 248 g/mol. The summed E-state index contributed by atoms with van der Waals surface area (Å²) in [7, 11) is 0. The van der Waals surface area contributed by atoms with Crippen LogP contribution < -0.4 is 10.2 Å². The molecule has 1 heterocycles. The minimum absolute atomic E-state index is 0.000967. The van der Waals surface area contributed by atoms with Gasteiger partial charge in [0.1, 0.15) is 6.54 Å². The van der Waals surface area contributed by atoms with Gasteiger partial charge < -0.3 is 15.3 Å². The van der Waals surface area contributed by atoms with Crippen molar-refractivity contribution in [3.8, 4) is 0 Å². The van der Waals surface area contributed by atoms with Gasteiger partial charge in [-0.3, -0.25) is 9.59 Å². The van der Waals surface area contributed by atoms with E-state index >= 15 is 0 Å². The summed E-state index contributed by atoms with van der Waals surface area (Å²) in [6, 6.07) is 7.08. The second kappa shape index (κ2) is 4.42. The van der Waals surface area contributed by atoms with Crippen LogP contribution in [-0.4, -0.2) is 30.0 Å². The Morgan fingerprint density at radius 1 is 1.28 bits per heavy atom. The molecule has 0 radical (unpaired) electrons. The Balaban J connectivity index is 2.44. The summed E-state index contributed by atoms with van der Waals surface area (Å²) >= 11 is 0. The fraction of sp³-hybridized carbons (Fsp3) is 0.385. The molecule has 18 heavy (non-hydrogen) atoms. The van der Waals surface area contributed by atoms with Crippen LogP contribution in [0.4, 0.5) is 5.69 Å². The lowest BCUT2D eigenvalue weighted by Gasteiger charge is -2.31. The molecule has 5 heteroatoms. The van der Waals surface area contributed by atoms with E-state index in [0.717, 1.165) is 0 Å². The third-order valence-corrected chi connectivity index (χ3v) is 2.89. The molecule has 1 saturated heterocycles. The third kappa shape index (κ3) is 2.36. The molecule has 0 spiro atoms. The molecule has 0 atom stereocenters. The Labute approximate surface area is 105 Å². The van der Waals surface area contributed by atoms with Crippen LogP contribution in [0.1, 0.15) is 19.4 Å². The van der Waals surface area contributed by atoms with Gasteiger partial charge >= 0.3 is 0 Å². The molecular formula is C13H16N2O3. The van der Waals surface area contributed by atoms with E-state index in [2.05, 4.69) is 5.32 Å². The van der Waals surface area contributed by atoms with E-state index in [1.54, 1.807) is 38.1 Å². The first-order valence-electron chi connectivity index (χ1n) is 5.78. The van der Waals surface area contributed by atoms with Crippen LogP contribution in [-0.2, 0) is 15.2 Å². The summed E-state index contributed by atoms with van der Waals surface area (Å²) in [5, 5.41) is 12.6. The number of anilines is 1. The Hall–Kier alpha value is -1.88. The van der Waals surface area contributed by atoms with Gasteiger partial charge in [0.2, 0.25) is 11.8 Å². The van der Waals surface area contributed by atoms with E-state index in [-0.39, 0.29) is 24.9 Å². The number of rotatable bonds is 2. The molecule has 5 nitrogen and oxygen atoms in total. The zero-order valence-corrected chi connectivity index (χ0v) is 10.4. The average Bonchev–Trinajstić information content (AvgIpc) is 2.31. The highest BCUT2D eigenvalue weighted by Gasteiger charge is 2.29. The van der Waals surface area contributed by atoms with Crippen LogP contribution in [0.15, 0.2) is 24.3 Å². The summed E-state index contributed by atoms with van der Waals surface area (Å²) in [5.41, 5.74) is 0.156. The summed E-state index contributed by atoms with van der Waals surface area (Å²) in [5.74, 6) is -0.369. The maximum atomic E-state index is 11.8. The van der Waals surface area contributed by atoms with Crippen molar-refractivity contribution < 1.29 is 14.7 Å². The molecule has 96 valence electrons. The Kier molecular flexibility index (Phi) is 3.09. The predicted molar refractivity (Wildman–Crippen MR) is 67.0 cm³/mol. The van der Waals surface area contributed by atoms with Crippen molar-refractivity contribution in [1.29, 1.82) is 0 Å². The molecule has 0 aliphatic carbocycles. The van der Waals surface area contributed by atoms with Crippen molar-refractivity contribution in [3.05, 3.63) is 29.8 Å². The number of hydrogen-bond acceptors (Lipinski definition) is 3. The maximum Gasteiger partial charge on any atom is 0.246 e. The molecule has 0 bridgehead atoms. The standard InChI is InChI=1S/C13H16N2O3/c1-13(2,18)9-5-3-4-6-10(9)15-8-11(16)14-7-12(15)17/h3-6,18H,7-8H2,1-2H3,(H,14,16). The molecular weight excluding hydrogens is 232 g/mol. The van der Waals surface area contributed by atoms with Crippen LogP contribution in [0.3, 0.4) is 0 Å². The van der Waals surface area contributed by atoms with Crippen molar-refractivity contribution >= 4 is 17.5 Å². The summed E-state index contributed by atoms with van der Waals surface area (Å²) in [6.07, 6.45) is 0. The highest BCUT2D eigenvalue weighted by atomic mass is 16.3. The summed E-state index contributed by atoms with van der Waals surface area (Å²) < 4.78 is 0. The topological polar surface area (TPSA) is 69.6 Å². The Bertz CT molecular complexity index is 491. The largest absolute Gasteiger partial charge is 0.386 e. The van der Waals surface area contributed by atoms with E-state index in [0.29, 0.717) is 11.3 Å². The predicted octanol–water partition coefficient (Wildman–Crippen LogP) is 0.377. The van der Waals surface area contributed by atoms with Crippen LogP contribution in [0.2, 0.25) is 0 Å². The van der Waals surface area contributed by atoms with Crippen molar-refractivity contribution in [3.63, 3.8) is 0 Å². The molecule has 0 aromatic heterocycles.